The summed E-state index contributed by atoms with van der Waals surface area (Å²) in [6.07, 6.45) is 0. The molecule has 11 aromatic rings. The van der Waals surface area contributed by atoms with Crippen LogP contribution in [0.2, 0.25) is 0 Å². The Morgan fingerprint density at radius 2 is 0.948 bits per heavy atom. The first-order valence-electron chi connectivity index (χ1n) is 19.4. The van der Waals surface area contributed by atoms with Crippen LogP contribution in [0.5, 0.6) is 0 Å². The number of rotatable bonds is 7. The van der Waals surface area contributed by atoms with Gasteiger partial charge in [0, 0.05) is 44.2 Å². The maximum absolute atomic E-state index is 6.63. The van der Waals surface area contributed by atoms with Crippen LogP contribution in [-0.2, 0) is 0 Å². The molecule has 9 aromatic carbocycles. The fourth-order valence-corrected chi connectivity index (χ4v) is 8.09. The summed E-state index contributed by atoms with van der Waals surface area (Å²) in [4.78, 5) is 17.4. The zero-order chi connectivity index (χ0) is 38.4. The number of hydrogen-bond acceptors (Lipinski definition) is 5. The molecule has 0 aliphatic heterocycles. The van der Waals surface area contributed by atoms with Gasteiger partial charge in [-0.1, -0.05) is 158 Å². The van der Waals surface area contributed by atoms with E-state index in [1.807, 2.05) is 72.8 Å². The first-order chi connectivity index (χ1) is 28.7. The van der Waals surface area contributed by atoms with Crippen molar-refractivity contribution < 1.29 is 4.42 Å². The Morgan fingerprint density at radius 3 is 1.74 bits per heavy atom. The van der Waals surface area contributed by atoms with Gasteiger partial charge < -0.3 is 9.32 Å². The predicted molar refractivity (Wildman–Crippen MR) is 239 cm³/mol. The molecule has 0 radical (unpaired) electrons. The monoisotopic (exact) mass is 742 g/mol. The summed E-state index contributed by atoms with van der Waals surface area (Å²) in [7, 11) is 0. The molecule has 0 amide bonds. The molecule has 0 N–H and O–H groups in total. The normalized spacial score (nSPS) is 11.4. The molecule has 0 aliphatic rings. The van der Waals surface area contributed by atoms with Gasteiger partial charge in [-0.2, -0.15) is 0 Å². The number of hydrogen-bond donors (Lipinski definition) is 0. The first kappa shape index (κ1) is 33.4. The van der Waals surface area contributed by atoms with Gasteiger partial charge in [-0.3, -0.25) is 0 Å². The lowest BCUT2D eigenvalue weighted by atomic mass is 10.00. The molecular formula is C53H34N4O. The molecule has 58 heavy (non-hydrogen) atoms. The third-order valence-corrected chi connectivity index (χ3v) is 10.9. The number of nitrogens with zero attached hydrogens (tertiary/aromatic N) is 4. The number of benzene rings is 9. The van der Waals surface area contributed by atoms with Crippen LogP contribution in [0.4, 0.5) is 17.1 Å². The summed E-state index contributed by atoms with van der Waals surface area (Å²) in [6, 6.07) is 71.8. The molecule has 0 bridgehead atoms. The van der Waals surface area contributed by atoms with Gasteiger partial charge in [0.2, 0.25) is 0 Å². The molecule has 0 atom stereocenters. The summed E-state index contributed by atoms with van der Waals surface area (Å²) >= 11 is 0. The number of aromatic nitrogens is 3. The zero-order valence-corrected chi connectivity index (χ0v) is 31.3. The molecule has 0 saturated carbocycles. The number of furan rings is 1. The minimum absolute atomic E-state index is 0.597. The van der Waals surface area contributed by atoms with E-state index in [9.17, 15) is 0 Å². The largest absolute Gasteiger partial charge is 0.456 e. The molecule has 0 spiro atoms. The molecule has 0 unspecified atom stereocenters. The average Bonchev–Trinajstić information content (AvgIpc) is 3.68. The second-order valence-corrected chi connectivity index (χ2v) is 14.4. The average molecular weight is 743 g/mol. The van der Waals surface area contributed by atoms with E-state index in [0.29, 0.717) is 17.5 Å². The van der Waals surface area contributed by atoms with Crippen LogP contribution in [0.3, 0.4) is 0 Å². The van der Waals surface area contributed by atoms with Crippen molar-refractivity contribution in [3.63, 3.8) is 0 Å². The van der Waals surface area contributed by atoms with Crippen molar-refractivity contribution in [2.75, 3.05) is 4.90 Å². The lowest BCUT2D eigenvalue weighted by Crippen LogP contribution is -2.10. The summed E-state index contributed by atoms with van der Waals surface area (Å²) in [6.45, 7) is 0. The van der Waals surface area contributed by atoms with Gasteiger partial charge in [0.1, 0.15) is 11.2 Å². The van der Waals surface area contributed by atoms with Crippen LogP contribution >= 0.6 is 0 Å². The molecule has 272 valence electrons. The van der Waals surface area contributed by atoms with E-state index in [-0.39, 0.29) is 0 Å². The van der Waals surface area contributed by atoms with E-state index in [2.05, 4.69) is 138 Å². The van der Waals surface area contributed by atoms with Crippen molar-refractivity contribution in [2.45, 2.75) is 0 Å². The third-order valence-electron chi connectivity index (χ3n) is 10.9. The Labute approximate surface area is 335 Å². The number of anilines is 3. The molecular weight excluding hydrogens is 709 g/mol. The van der Waals surface area contributed by atoms with Crippen LogP contribution in [-0.4, -0.2) is 15.0 Å². The Balaban J connectivity index is 1.04. The lowest BCUT2D eigenvalue weighted by Gasteiger charge is -2.27. The summed E-state index contributed by atoms with van der Waals surface area (Å²) in [5.41, 5.74) is 9.75. The van der Waals surface area contributed by atoms with Gasteiger partial charge in [0.05, 0.1) is 5.69 Å². The molecule has 11 rings (SSSR count). The van der Waals surface area contributed by atoms with Crippen LogP contribution in [0, 0.1) is 0 Å². The fraction of sp³-hybridized carbons (Fsp3) is 0. The molecule has 0 saturated heterocycles. The van der Waals surface area contributed by atoms with Gasteiger partial charge >= 0.3 is 0 Å². The van der Waals surface area contributed by atoms with Crippen molar-refractivity contribution in [1.82, 2.24) is 15.0 Å². The maximum Gasteiger partial charge on any atom is 0.164 e. The summed E-state index contributed by atoms with van der Waals surface area (Å²) < 4.78 is 6.63. The van der Waals surface area contributed by atoms with E-state index in [1.54, 1.807) is 0 Å². The highest BCUT2D eigenvalue weighted by Crippen LogP contribution is 2.42. The maximum atomic E-state index is 6.63. The van der Waals surface area contributed by atoms with Gasteiger partial charge in [0.15, 0.2) is 17.5 Å². The standard InChI is InChI=1S/C53H34N4O/c1-3-16-37(17-4-1)51-54-52(38-18-5-2-6-19-38)56-53(55-51)46-25-13-27-48-50(46)45-31-29-41(34-49(45)58-48)40-22-11-23-42(33-40)57(43-30-28-35-14-7-8-20-39(35)32-43)47-26-12-21-36-15-9-10-24-44(36)47/h1-34H. The minimum atomic E-state index is 0.597. The number of fused-ring (bicyclic) bond motifs is 5. The Hall–Kier alpha value is -7.89. The first-order valence-corrected chi connectivity index (χ1v) is 19.4. The molecule has 5 nitrogen and oxygen atoms in total. The van der Waals surface area contributed by atoms with Gasteiger partial charge in [-0.05, 0) is 75.8 Å². The van der Waals surface area contributed by atoms with Crippen LogP contribution in [0.15, 0.2) is 211 Å². The molecule has 0 fully saturated rings. The van der Waals surface area contributed by atoms with E-state index in [1.165, 1.54) is 21.5 Å². The van der Waals surface area contributed by atoms with Crippen molar-refractivity contribution in [2.24, 2.45) is 0 Å². The van der Waals surface area contributed by atoms with E-state index >= 15 is 0 Å². The fourth-order valence-electron chi connectivity index (χ4n) is 8.09. The van der Waals surface area contributed by atoms with Gasteiger partial charge in [-0.25, -0.2) is 15.0 Å². The minimum Gasteiger partial charge on any atom is -0.456 e. The topological polar surface area (TPSA) is 55.1 Å². The smallest absolute Gasteiger partial charge is 0.164 e. The predicted octanol–water partition coefficient (Wildman–Crippen LogP) is 14.2. The van der Waals surface area contributed by atoms with Crippen LogP contribution in [0.25, 0.3) is 88.8 Å². The highest BCUT2D eigenvalue weighted by molar-refractivity contribution is 6.12. The Bertz CT molecular complexity index is 3240. The summed E-state index contributed by atoms with van der Waals surface area (Å²) in [5, 5.41) is 6.77. The SMILES string of the molecule is c1ccc(-c2nc(-c3ccccc3)nc(-c3cccc4oc5cc(-c6cccc(N(c7ccc8ccccc8c7)c7cccc8ccccc78)c6)ccc5c34)n2)cc1. The van der Waals surface area contributed by atoms with Crippen molar-refractivity contribution in [1.29, 1.82) is 0 Å². The van der Waals surface area contributed by atoms with Crippen molar-refractivity contribution in [3.8, 4) is 45.3 Å². The van der Waals surface area contributed by atoms with E-state index < -0.39 is 0 Å². The Kier molecular flexibility index (Phi) is 8.07. The second-order valence-electron chi connectivity index (χ2n) is 14.4. The molecule has 5 heteroatoms. The Morgan fingerprint density at radius 1 is 0.345 bits per heavy atom. The van der Waals surface area contributed by atoms with Crippen LogP contribution in [0.1, 0.15) is 0 Å². The highest BCUT2D eigenvalue weighted by atomic mass is 16.3. The van der Waals surface area contributed by atoms with Crippen molar-refractivity contribution in [3.05, 3.63) is 206 Å². The zero-order valence-electron chi connectivity index (χ0n) is 31.3. The molecule has 2 heterocycles. The van der Waals surface area contributed by atoms with E-state index in [4.69, 9.17) is 19.4 Å². The lowest BCUT2D eigenvalue weighted by molar-refractivity contribution is 0.669. The van der Waals surface area contributed by atoms with Crippen molar-refractivity contribution >= 4 is 60.5 Å². The third kappa shape index (κ3) is 5.94. The quantitative estimate of drug-likeness (QED) is 0.163. The van der Waals surface area contributed by atoms with Gasteiger partial charge in [-0.15, -0.1) is 0 Å². The molecule has 2 aromatic heterocycles. The molecule has 0 aliphatic carbocycles. The second kappa shape index (κ2) is 14.0. The van der Waals surface area contributed by atoms with Gasteiger partial charge in [0.25, 0.3) is 0 Å². The highest BCUT2D eigenvalue weighted by Gasteiger charge is 2.20. The van der Waals surface area contributed by atoms with E-state index in [0.717, 1.165) is 66.8 Å². The summed E-state index contributed by atoms with van der Waals surface area (Å²) in [5.74, 6) is 1.84. The van der Waals surface area contributed by atoms with Crippen LogP contribution < -0.4 is 4.90 Å².